The van der Waals surface area contributed by atoms with Gasteiger partial charge in [0.25, 0.3) is 15.9 Å². The van der Waals surface area contributed by atoms with Gasteiger partial charge in [0.15, 0.2) is 0 Å². The highest BCUT2D eigenvalue weighted by atomic mass is 32.2. The van der Waals surface area contributed by atoms with E-state index in [1.807, 2.05) is 55.5 Å². The lowest BCUT2D eigenvalue weighted by Crippen LogP contribution is -2.32. The largest absolute Gasteiger partial charge is 0.446 e. The molecule has 8 heteroatoms. The van der Waals surface area contributed by atoms with Crippen molar-refractivity contribution in [3.8, 4) is 0 Å². The first-order valence-electron chi connectivity index (χ1n) is 11.8. The average molecular weight is 515 g/mol. The lowest BCUT2D eigenvalue weighted by Gasteiger charge is -2.18. The SMILES string of the molecule is Cc1cc(C)c(S(=O)(=O)n2cc(/C=C/C(=O)N3C(=O)OC[C@H]3c3ccccc3)c3ccccc32)c(C)c1. The van der Waals surface area contributed by atoms with Crippen LogP contribution in [0.5, 0.6) is 0 Å². The number of carbonyl (C=O) groups excluding carboxylic acids is 2. The van der Waals surface area contributed by atoms with E-state index in [1.54, 1.807) is 38.1 Å². The number of aryl methyl sites for hydroxylation is 3. The number of amides is 2. The number of hydrogen-bond acceptors (Lipinski definition) is 5. The number of benzene rings is 3. The summed E-state index contributed by atoms with van der Waals surface area (Å²) >= 11 is 0. The Kier molecular flexibility index (Phi) is 6.21. The smallest absolute Gasteiger partial charge is 0.417 e. The van der Waals surface area contributed by atoms with E-state index in [4.69, 9.17) is 4.74 Å². The van der Waals surface area contributed by atoms with Crippen molar-refractivity contribution < 1.29 is 22.7 Å². The molecule has 5 rings (SSSR count). The van der Waals surface area contributed by atoms with Crippen LogP contribution in [-0.2, 0) is 19.6 Å². The lowest BCUT2D eigenvalue weighted by molar-refractivity contribution is -0.124. The minimum absolute atomic E-state index is 0.0786. The Morgan fingerprint density at radius 2 is 1.62 bits per heavy atom. The minimum Gasteiger partial charge on any atom is -0.446 e. The van der Waals surface area contributed by atoms with Gasteiger partial charge in [0.2, 0.25) is 0 Å². The molecule has 188 valence electrons. The molecule has 0 bridgehead atoms. The number of fused-ring (bicyclic) bond motifs is 1. The molecule has 0 spiro atoms. The molecule has 1 saturated heterocycles. The molecular weight excluding hydrogens is 488 g/mol. The molecular formula is C29H26N2O5S. The predicted octanol–water partition coefficient (Wildman–Crippen LogP) is 5.54. The summed E-state index contributed by atoms with van der Waals surface area (Å²) in [5, 5.41) is 0.668. The zero-order valence-corrected chi connectivity index (χ0v) is 21.5. The van der Waals surface area contributed by atoms with Crippen molar-refractivity contribution in [2.45, 2.75) is 31.7 Å². The molecule has 2 heterocycles. The van der Waals surface area contributed by atoms with Crippen molar-refractivity contribution in [2.24, 2.45) is 0 Å². The van der Waals surface area contributed by atoms with Gasteiger partial charge in [0.1, 0.15) is 12.6 Å². The van der Waals surface area contributed by atoms with E-state index in [9.17, 15) is 18.0 Å². The first kappa shape index (κ1) is 24.5. The van der Waals surface area contributed by atoms with Crippen LogP contribution < -0.4 is 0 Å². The molecule has 0 N–H and O–H groups in total. The molecule has 0 unspecified atom stereocenters. The summed E-state index contributed by atoms with van der Waals surface area (Å²) in [4.78, 5) is 26.8. The standard InChI is InChI=1S/C29H26N2O5S/c1-19-15-20(2)28(21(3)16-19)37(34,35)30-17-23(24-11-7-8-12-25(24)30)13-14-27(32)31-26(18-36-29(31)33)22-9-5-4-6-10-22/h4-17,26H,18H2,1-3H3/b14-13+/t26-/m0/s1. The van der Waals surface area contributed by atoms with Gasteiger partial charge in [-0.05, 0) is 49.6 Å². The number of hydrogen-bond donors (Lipinski definition) is 0. The topological polar surface area (TPSA) is 85.7 Å². The number of carbonyl (C=O) groups is 2. The number of aromatic nitrogens is 1. The van der Waals surface area contributed by atoms with Crippen molar-refractivity contribution in [1.29, 1.82) is 0 Å². The molecule has 3 aromatic carbocycles. The highest BCUT2D eigenvalue weighted by Crippen LogP contribution is 2.31. The van der Waals surface area contributed by atoms with Crippen molar-refractivity contribution in [3.05, 3.63) is 107 Å². The van der Waals surface area contributed by atoms with Crippen molar-refractivity contribution in [3.63, 3.8) is 0 Å². The second kappa shape index (κ2) is 9.37. The highest BCUT2D eigenvalue weighted by molar-refractivity contribution is 7.90. The molecule has 0 aliphatic carbocycles. The summed E-state index contributed by atoms with van der Waals surface area (Å²) < 4.78 is 34.0. The fraction of sp³-hybridized carbons (Fsp3) is 0.172. The molecule has 1 atom stereocenters. The van der Waals surface area contributed by atoms with Crippen LogP contribution in [0.3, 0.4) is 0 Å². The fourth-order valence-electron chi connectivity index (χ4n) is 5.01. The zero-order valence-electron chi connectivity index (χ0n) is 20.7. The Morgan fingerprint density at radius 1 is 0.973 bits per heavy atom. The van der Waals surface area contributed by atoms with Crippen LogP contribution in [0.15, 0.2) is 83.9 Å². The Hall–Kier alpha value is -4.17. The van der Waals surface area contributed by atoms with E-state index >= 15 is 0 Å². The molecule has 2 amide bonds. The lowest BCUT2D eigenvalue weighted by atomic mass is 10.1. The summed E-state index contributed by atoms with van der Waals surface area (Å²) in [5.41, 5.74) is 4.16. The highest BCUT2D eigenvalue weighted by Gasteiger charge is 2.37. The average Bonchev–Trinajstić information content (AvgIpc) is 3.43. The molecule has 1 aromatic heterocycles. The monoisotopic (exact) mass is 514 g/mol. The molecule has 1 aliphatic heterocycles. The molecule has 1 aliphatic rings. The molecule has 1 fully saturated rings. The van der Waals surface area contributed by atoms with Crippen molar-refractivity contribution >= 4 is 39.0 Å². The third-order valence-corrected chi connectivity index (χ3v) is 8.51. The maximum absolute atomic E-state index is 13.8. The van der Waals surface area contributed by atoms with Crippen LogP contribution in [0.4, 0.5) is 4.79 Å². The zero-order chi connectivity index (χ0) is 26.3. The van der Waals surface area contributed by atoms with E-state index in [0.29, 0.717) is 27.6 Å². The number of nitrogens with zero attached hydrogens (tertiary/aromatic N) is 2. The van der Waals surface area contributed by atoms with Gasteiger partial charge >= 0.3 is 6.09 Å². The van der Waals surface area contributed by atoms with E-state index in [2.05, 4.69) is 0 Å². The molecule has 0 saturated carbocycles. The van der Waals surface area contributed by atoms with Crippen LogP contribution in [0.25, 0.3) is 17.0 Å². The first-order valence-corrected chi connectivity index (χ1v) is 13.3. The van der Waals surface area contributed by atoms with Gasteiger partial charge in [-0.15, -0.1) is 0 Å². The van der Waals surface area contributed by atoms with Crippen LogP contribution >= 0.6 is 0 Å². The number of rotatable bonds is 5. The molecule has 4 aromatic rings. The van der Waals surface area contributed by atoms with E-state index in [1.165, 1.54) is 16.2 Å². The van der Waals surface area contributed by atoms with Gasteiger partial charge in [-0.1, -0.05) is 66.2 Å². The maximum Gasteiger partial charge on any atom is 0.417 e. The predicted molar refractivity (Wildman–Crippen MR) is 142 cm³/mol. The number of imide groups is 1. The summed E-state index contributed by atoms with van der Waals surface area (Å²) in [5.74, 6) is -0.540. The first-order chi connectivity index (χ1) is 17.7. The summed E-state index contributed by atoms with van der Waals surface area (Å²) in [6.07, 6.45) is 3.63. The maximum atomic E-state index is 13.8. The van der Waals surface area contributed by atoms with Crippen LogP contribution in [0.1, 0.15) is 33.9 Å². The Morgan fingerprint density at radius 3 is 2.32 bits per heavy atom. The summed E-state index contributed by atoms with van der Waals surface area (Å²) in [6, 6.07) is 19.5. The van der Waals surface area contributed by atoms with Crippen molar-refractivity contribution in [1.82, 2.24) is 8.87 Å². The molecule has 0 radical (unpaired) electrons. The Bertz CT molecular complexity index is 1650. The van der Waals surface area contributed by atoms with Gasteiger partial charge in [0, 0.05) is 23.2 Å². The summed E-state index contributed by atoms with van der Waals surface area (Å²) in [6.45, 7) is 5.59. The third kappa shape index (κ3) is 4.34. The fourth-order valence-corrected chi connectivity index (χ4v) is 6.80. The Balaban J connectivity index is 1.54. The second-order valence-electron chi connectivity index (χ2n) is 9.18. The van der Waals surface area contributed by atoms with E-state index in [-0.39, 0.29) is 11.5 Å². The van der Waals surface area contributed by atoms with Crippen molar-refractivity contribution in [2.75, 3.05) is 6.61 Å². The van der Waals surface area contributed by atoms with Gasteiger partial charge < -0.3 is 4.74 Å². The van der Waals surface area contributed by atoms with Crippen LogP contribution in [-0.4, -0.2) is 35.9 Å². The third-order valence-electron chi connectivity index (χ3n) is 6.53. The van der Waals surface area contributed by atoms with Gasteiger partial charge in [0.05, 0.1) is 10.4 Å². The van der Waals surface area contributed by atoms with E-state index < -0.39 is 28.1 Å². The molecule has 7 nitrogen and oxygen atoms in total. The van der Waals surface area contributed by atoms with Gasteiger partial charge in [-0.3, -0.25) is 4.79 Å². The number of para-hydroxylation sites is 1. The number of cyclic esters (lactones) is 1. The normalized spacial score (nSPS) is 16.0. The minimum atomic E-state index is -3.92. The van der Waals surface area contributed by atoms with Gasteiger partial charge in [-0.25, -0.2) is 22.1 Å². The van der Waals surface area contributed by atoms with Gasteiger partial charge in [-0.2, -0.15) is 0 Å². The second-order valence-corrected chi connectivity index (χ2v) is 10.9. The van der Waals surface area contributed by atoms with Crippen LogP contribution in [0, 0.1) is 20.8 Å². The molecule has 37 heavy (non-hydrogen) atoms. The quantitative estimate of drug-likeness (QED) is 0.327. The van der Waals surface area contributed by atoms with Crippen LogP contribution in [0.2, 0.25) is 0 Å². The Labute approximate surface area is 215 Å². The number of ether oxygens (including phenoxy) is 1. The van der Waals surface area contributed by atoms with E-state index in [0.717, 1.165) is 16.0 Å². The summed E-state index contributed by atoms with van der Waals surface area (Å²) in [7, 11) is -3.92.